The maximum atomic E-state index is 11.8. The maximum absolute atomic E-state index is 11.8. The Morgan fingerprint density at radius 3 is 2.30 bits per heavy atom. The summed E-state index contributed by atoms with van der Waals surface area (Å²) in [7, 11) is 1.22. The van der Waals surface area contributed by atoms with Crippen molar-refractivity contribution in [2.45, 2.75) is 26.8 Å². The molecule has 0 fully saturated rings. The summed E-state index contributed by atoms with van der Waals surface area (Å²) in [5.74, 6) is -2.37. The molecule has 1 aromatic rings. The Morgan fingerprint density at radius 2 is 1.85 bits per heavy atom. The first-order valence-corrected chi connectivity index (χ1v) is 6.28. The van der Waals surface area contributed by atoms with E-state index in [1.807, 2.05) is 25.1 Å². The molecule has 0 heterocycles. The molecule has 1 amide bonds. The quantitative estimate of drug-likeness (QED) is 0.654. The molecule has 0 saturated heterocycles. The molecule has 0 aliphatic heterocycles. The van der Waals surface area contributed by atoms with Crippen LogP contribution in [0.1, 0.15) is 31.0 Å². The Labute approximate surface area is 118 Å². The van der Waals surface area contributed by atoms with E-state index in [2.05, 4.69) is 10.1 Å². The lowest BCUT2D eigenvalue weighted by Gasteiger charge is -2.24. The number of ether oxygens (including phenoxy) is 1. The van der Waals surface area contributed by atoms with Gasteiger partial charge in [-0.15, -0.1) is 0 Å². The number of esters is 1. The molecule has 5 nitrogen and oxygen atoms in total. The van der Waals surface area contributed by atoms with Gasteiger partial charge in [0.2, 0.25) is 5.91 Å². The molecular formula is C15H19NO4. The summed E-state index contributed by atoms with van der Waals surface area (Å²) >= 11 is 0. The van der Waals surface area contributed by atoms with E-state index in [-0.39, 0.29) is 11.7 Å². The monoisotopic (exact) mass is 277 g/mol. The maximum Gasteiger partial charge on any atom is 0.318 e. The predicted octanol–water partition coefficient (Wildman–Crippen LogP) is 1.55. The van der Waals surface area contributed by atoms with E-state index in [9.17, 15) is 14.4 Å². The van der Waals surface area contributed by atoms with Gasteiger partial charge in [-0.25, -0.2) is 0 Å². The number of ketones is 1. The molecule has 0 saturated carbocycles. The van der Waals surface area contributed by atoms with Gasteiger partial charge >= 0.3 is 5.97 Å². The molecule has 0 spiro atoms. The van der Waals surface area contributed by atoms with Crippen molar-refractivity contribution in [2.24, 2.45) is 5.92 Å². The lowest BCUT2D eigenvalue weighted by Crippen LogP contribution is -2.39. The normalized spacial score (nSPS) is 13.2. The number of aryl methyl sites for hydroxylation is 1. The molecule has 1 rings (SSSR count). The van der Waals surface area contributed by atoms with Crippen LogP contribution < -0.4 is 5.32 Å². The predicted molar refractivity (Wildman–Crippen MR) is 73.9 cm³/mol. The average Bonchev–Trinajstić information content (AvgIpc) is 2.36. The highest BCUT2D eigenvalue weighted by Crippen LogP contribution is 2.25. The number of hydrogen-bond donors (Lipinski definition) is 1. The summed E-state index contributed by atoms with van der Waals surface area (Å²) in [5, 5.41) is 2.66. The van der Waals surface area contributed by atoms with Gasteiger partial charge in [0.25, 0.3) is 0 Å². The molecule has 0 bridgehead atoms. The minimum absolute atomic E-state index is 0.313. The number of methoxy groups -OCH3 is 1. The van der Waals surface area contributed by atoms with Crippen LogP contribution in [0.2, 0.25) is 0 Å². The Bertz CT molecular complexity index is 524. The smallest absolute Gasteiger partial charge is 0.318 e. The number of benzene rings is 1. The SMILES string of the molecule is COC(=O)[C@@H](C(C)=O)[C@H](NC(C)=O)c1cccc(C)c1. The second-order valence-corrected chi connectivity index (χ2v) is 4.70. The van der Waals surface area contributed by atoms with E-state index in [1.165, 1.54) is 21.0 Å². The summed E-state index contributed by atoms with van der Waals surface area (Å²) in [4.78, 5) is 35.0. The van der Waals surface area contributed by atoms with Crippen molar-refractivity contribution in [3.05, 3.63) is 35.4 Å². The Balaban J connectivity index is 3.25. The van der Waals surface area contributed by atoms with Crippen molar-refractivity contribution in [2.75, 3.05) is 7.11 Å². The van der Waals surface area contributed by atoms with Crippen molar-refractivity contribution >= 4 is 17.7 Å². The average molecular weight is 277 g/mol. The number of hydrogen-bond acceptors (Lipinski definition) is 4. The van der Waals surface area contributed by atoms with Gasteiger partial charge in [0, 0.05) is 6.92 Å². The third kappa shape index (κ3) is 3.91. The third-order valence-electron chi connectivity index (χ3n) is 2.99. The molecule has 0 aliphatic carbocycles. The van der Waals surface area contributed by atoms with E-state index in [0.29, 0.717) is 5.56 Å². The van der Waals surface area contributed by atoms with Crippen LogP contribution >= 0.6 is 0 Å². The first-order valence-electron chi connectivity index (χ1n) is 6.28. The molecular weight excluding hydrogens is 258 g/mol. The molecule has 108 valence electrons. The lowest BCUT2D eigenvalue weighted by atomic mass is 9.89. The fourth-order valence-corrected chi connectivity index (χ4v) is 2.11. The van der Waals surface area contributed by atoms with E-state index in [0.717, 1.165) is 5.56 Å². The third-order valence-corrected chi connectivity index (χ3v) is 2.99. The van der Waals surface area contributed by atoms with Gasteiger partial charge in [-0.3, -0.25) is 14.4 Å². The first-order chi connectivity index (χ1) is 9.36. The summed E-state index contributed by atoms with van der Waals surface area (Å²) in [6.45, 7) is 4.55. The number of Topliss-reactive ketones (excluding diaryl/α,β-unsaturated/α-hetero) is 1. The van der Waals surface area contributed by atoms with Crippen LogP contribution in [0.15, 0.2) is 24.3 Å². The molecule has 2 atom stereocenters. The topological polar surface area (TPSA) is 72.5 Å². The molecule has 0 aliphatic rings. The standard InChI is InChI=1S/C15H19NO4/c1-9-6-5-7-12(8-9)14(16-11(3)18)13(10(2)17)15(19)20-4/h5-8,13-14H,1-4H3,(H,16,18)/t13-,14+/m0/s1. The molecule has 1 N–H and O–H groups in total. The van der Waals surface area contributed by atoms with Gasteiger partial charge in [-0.1, -0.05) is 29.8 Å². The van der Waals surface area contributed by atoms with Crippen LogP contribution in [-0.2, 0) is 19.1 Å². The summed E-state index contributed by atoms with van der Waals surface area (Å²) < 4.78 is 4.68. The fraction of sp³-hybridized carbons (Fsp3) is 0.400. The highest BCUT2D eigenvalue weighted by atomic mass is 16.5. The van der Waals surface area contributed by atoms with Crippen LogP contribution in [0, 0.1) is 12.8 Å². The minimum atomic E-state index is -1.05. The fourth-order valence-electron chi connectivity index (χ4n) is 2.11. The number of rotatable bonds is 5. The number of nitrogens with one attached hydrogen (secondary N) is 1. The molecule has 1 aromatic carbocycles. The van der Waals surface area contributed by atoms with Crippen LogP contribution in [-0.4, -0.2) is 24.8 Å². The zero-order valence-electron chi connectivity index (χ0n) is 12.1. The van der Waals surface area contributed by atoms with Crippen LogP contribution in [0.3, 0.4) is 0 Å². The van der Waals surface area contributed by atoms with Gasteiger partial charge in [-0.2, -0.15) is 0 Å². The van der Waals surface area contributed by atoms with Crippen molar-refractivity contribution < 1.29 is 19.1 Å². The zero-order chi connectivity index (χ0) is 15.3. The largest absolute Gasteiger partial charge is 0.468 e. The highest BCUT2D eigenvalue weighted by molar-refractivity contribution is 5.99. The van der Waals surface area contributed by atoms with E-state index in [1.54, 1.807) is 6.07 Å². The summed E-state index contributed by atoms with van der Waals surface area (Å²) in [5.41, 5.74) is 1.68. The van der Waals surface area contributed by atoms with Crippen molar-refractivity contribution in [1.29, 1.82) is 0 Å². The zero-order valence-corrected chi connectivity index (χ0v) is 12.1. The minimum Gasteiger partial charge on any atom is -0.468 e. The second-order valence-electron chi connectivity index (χ2n) is 4.70. The van der Waals surface area contributed by atoms with Gasteiger partial charge in [0.05, 0.1) is 13.2 Å². The van der Waals surface area contributed by atoms with Crippen molar-refractivity contribution in [3.8, 4) is 0 Å². The van der Waals surface area contributed by atoms with Crippen molar-refractivity contribution in [3.63, 3.8) is 0 Å². The van der Waals surface area contributed by atoms with Gasteiger partial charge in [-0.05, 0) is 19.4 Å². The number of carbonyl (C=O) groups excluding carboxylic acids is 3. The number of amides is 1. The van der Waals surface area contributed by atoms with Crippen molar-refractivity contribution in [1.82, 2.24) is 5.32 Å². The summed E-state index contributed by atoms with van der Waals surface area (Å²) in [6, 6.07) is 6.59. The molecule has 20 heavy (non-hydrogen) atoms. The Kier molecular flexibility index (Phi) is 5.43. The Morgan fingerprint density at radius 1 is 1.20 bits per heavy atom. The summed E-state index contributed by atoms with van der Waals surface area (Å²) in [6.07, 6.45) is 0. The van der Waals surface area contributed by atoms with Crippen LogP contribution in [0.25, 0.3) is 0 Å². The van der Waals surface area contributed by atoms with Gasteiger partial charge in [0.15, 0.2) is 0 Å². The second kappa shape index (κ2) is 6.84. The van der Waals surface area contributed by atoms with E-state index in [4.69, 9.17) is 0 Å². The number of carbonyl (C=O) groups is 3. The molecule has 0 aromatic heterocycles. The molecule has 0 radical (unpaired) electrons. The highest BCUT2D eigenvalue weighted by Gasteiger charge is 2.35. The molecule has 0 unspecified atom stereocenters. The van der Waals surface area contributed by atoms with E-state index >= 15 is 0 Å². The van der Waals surface area contributed by atoms with Crippen LogP contribution in [0.5, 0.6) is 0 Å². The first kappa shape index (κ1) is 15.9. The van der Waals surface area contributed by atoms with Gasteiger partial charge in [0.1, 0.15) is 11.7 Å². The molecule has 5 heteroatoms. The van der Waals surface area contributed by atoms with Gasteiger partial charge < -0.3 is 10.1 Å². The van der Waals surface area contributed by atoms with Crippen LogP contribution in [0.4, 0.5) is 0 Å². The van der Waals surface area contributed by atoms with E-state index < -0.39 is 17.9 Å². The lowest BCUT2D eigenvalue weighted by molar-refractivity contribution is -0.150. The Hall–Kier alpha value is -2.17.